The molecule has 2 heterocycles. The summed E-state index contributed by atoms with van der Waals surface area (Å²) in [4.78, 5) is 25.7. The van der Waals surface area contributed by atoms with Gasteiger partial charge in [-0.3, -0.25) is 14.9 Å². The van der Waals surface area contributed by atoms with E-state index in [1.165, 1.54) is 16.4 Å². The molecule has 0 radical (unpaired) electrons. The van der Waals surface area contributed by atoms with Gasteiger partial charge in [-0.25, -0.2) is 8.42 Å². The van der Waals surface area contributed by atoms with Gasteiger partial charge < -0.3 is 15.0 Å². The van der Waals surface area contributed by atoms with E-state index in [9.17, 15) is 23.3 Å². The number of hydrogen-bond acceptors (Lipinski definition) is 7. The Balaban J connectivity index is 1.47. The second kappa shape index (κ2) is 10.1. The molecule has 2 aromatic carbocycles. The van der Waals surface area contributed by atoms with Crippen LogP contribution in [0.5, 0.6) is 0 Å². The molecule has 0 spiro atoms. The van der Waals surface area contributed by atoms with Gasteiger partial charge in [0, 0.05) is 43.9 Å². The van der Waals surface area contributed by atoms with Crippen molar-refractivity contribution >= 4 is 33.0 Å². The van der Waals surface area contributed by atoms with Gasteiger partial charge in [-0.2, -0.15) is 4.31 Å². The number of nitro benzene ring substituents is 1. The first-order chi connectivity index (χ1) is 16.3. The monoisotopic (exact) mass is 488 g/mol. The molecule has 2 aliphatic rings. The minimum atomic E-state index is -3.84. The summed E-state index contributed by atoms with van der Waals surface area (Å²) in [5.74, 6) is -0.258. The Morgan fingerprint density at radius 2 is 1.76 bits per heavy atom. The summed E-state index contributed by atoms with van der Waals surface area (Å²) in [5, 5.41) is 14.8. The predicted molar refractivity (Wildman–Crippen MR) is 127 cm³/mol. The van der Waals surface area contributed by atoms with Crippen molar-refractivity contribution in [2.75, 3.05) is 49.6 Å². The topological polar surface area (TPSA) is 122 Å². The van der Waals surface area contributed by atoms with E-state index in [-0.39, 0.29) is 35.5 Å². The van der Waals surface area contributed by atoms with Crippen molar-refractivity contribution in [2.24, 2.45) is 5.92 Å². The van der Waals surface area contributed by atoms with Gasteiger partial charge in [0.05, 0.1) is 23.0 Å². The second-order valence-electron chi connectivity index (χ2n) is 8.49. The van der Waals surface area contributed by atoms with Crippen LogP contribution in [0, 0.1) is 23.0 Å². The molecule has 34 heavy (non-hydrogen) atoms. The van der Waals surface area contributed by atoms with Crippen LogP contribution in [0.2, 0.25) is 0 Å². The molecule has 11 heteroatoms. The number of amides is 1. The maximum absolute atomic E-state index is 12.9. The average Bonchev–Trinajstić information content (AvgIpc) is 2.85. The number of para-hydroxylation sites is 1. The summed E-state index contributed by atoms with van der Waals surface area (Å²) in [6, 6.07) is 11.6. The van der Waals surface area contributed by atoms with Crippen LogP contribution in [-0.4, -0.2) is 62.9 Å². The molecule has 0 atom stereocenters. The maximum atomic E-state index is 12.9. The third kappa shape index (κ3) is 5.06. The largest absolute Gasteiger partial charge is 0.379 e. The quantitative estimate of drug-likeness (QED) is 0.490. The van der Waals surface area contributed by atoms with E-state index in [2.05, 4.69) is 5.32 Å². The van der Waals surface area contributed by atoms with Crippen LogP contribution in [0.25, 0.3) is 0 Å². The van der Waals surface area contributed by atoms with Gasteiger partial charge in [0.2, 0.25) is 15.9 Å². The predicted octanol–water partition coefficient (Wildman–Crippen LogP) is 2.78. The molecule has 2 aromatic rings. The molecule has 0 aromatic heterocycles. The van der Waals surface area contributed by atoms with E-state index in [4.69, 9.17) is 4.74 Å². The Bertz CT molecular complexity index is 1170. The third-order valence-electron chi connectivity index (χ3n) is 6.36. The van der Waals surface area contributed by atoms with E-state index in [0.29, 0.717) is 44.8 Å². The first-order valence-electron chi connectivity index (χ1n) is 11.2. The highest BCUT2D eigenvalue weighted by molar-refractivity contribution is 7.89. The number of piperidine rings is 1. The molecule has 2 saturated heterocycles. The molecular weight excluding hydrogens is 460 g/mol. The lowest BCUT2D eigenvalue weighted by Gasteiger charge is -2.33. The standard InChI is InChI=1S/C23H28N4O6S/c1-17-4-2-3-5-20(17)24-23(28)18-8-10-25(11-9-18)21-7-6-19(16-22(21)27(29)30)34(31,32)26-12-14-33-15-13-26/h2-7,16,18H,8-15H2,1H3,(H,24,28). The van der Waals surface area contributed by atoms with Crippen molar-refractivity contribution in [2.45, 2.75) is 24.7 Å². The highest BCUT2D eigenvalue weighted by atomic mass is 32.2. The molecule has 182 valence electrons. The normalized spacial score (nSPS) is 18.0. The molecule has 2 aliphatic heterocycles. The summed E-state index contributed by atoms with van der Waals surface area (Å²) in [6.07, 6.45) is 1.09. The number of sulfonamides is 1. The highest BCUT2D eigenvalue weighted by Crippen LogP contribution is 2.34. The number of aryl methyl sites for hydroxylation is 1. The average molecular weight is 489 g/mol. The van der Waals surface area contributed by atoms with Gasteiger partial charge in [0.25, 0.3) is 5.69 Å². The van der Waals surface area contributed by atoms with Gasteiger partial charge in [-0.1, -0.05) is 18.2 Å². The molecule has 1 N–H and O–H groups in total. The minimum Gasteiger partial charge on any atom is -0.379 e. The lowest BCUT2D eigenvalue weighted by molar-refractivity contribution is -0.384. The molecule has 10 nitrogen and oxygen atoms in total. The molecule has 1 amide bonds. The summed E-state index contributed by atoms with van der Waals surface area (Å²) in [6.45, 7) is 3.88. The molecule has 0 aliphatic carbocycles. The smallest absolute Gasteiger partial charge is 0.293 e. The summed E-state index contributed by atoms with van der Waals surface area (Å²) in [5.41, 5.74) is 1.87. The SMILES string of the molecule is Cc1ccccc1NC(=O)C1CCN(c2ccc(S(=O)(=O)N3CCOCC3)cc2[N+](=O)[O-])CC1. The zero-order valence-electron chi connectivity index (χ0n) is 19.0. The van der Waals surface area contributed by atoms with Gasteiger partial charge in [0.15, 0.2) is 0 Å². The Labute approximate surface area is 198 Å². The fraction of sp³-hybridized carbons (Fsp3) is 0.435. The lowest BCUT2D eigenvalue weighted by atomic mass is 9.95. The lowest BCUT2D eigenvalue weighted by Crippen LogP contribution is -2.40. The van der Waals surface area contributed by atoms with Crippen LogP contribution in [0.3, 0.4) is 0 Å². The number of nitrogens with zero attached hydrogens (tertiary/aromatic N) is 3. The number of ether oxygens (including phenoxy) is 1. The highest BCUT2D eigenvalue weighted by Gasteiger charge is 2.32. The fourth-order valence-electron chi connectivity index (χ4n) is 4.34. The van der Waals surface area contributed by atoms with E-state index < -0.39 is 14.9 Å². The van der Waals surface area contributed by atoms with Crippen LogP contribution >= 0.6 is 0 Å². The third-order valence-corrected chi connectivity index (χ3v) is 8.26. The van der Waals surface area contributed by atoms with Gasteiger partial charge in [0.1, 0.15) is 5.69 Å². The van der Waals surface area contributed by atoms with Crippen molar-refractivity contribution < 1.29 is 22.9 Å². The first-order valence-corrected chi connectivity index (χ1v) is 12.7. The number of carbonyl (C=O) groups is 1. The molecule has 2 fully saturated rings. The van der Waals surface area contributed by atoms with Crippen LogP contribution in [0.1, 0.15) is 18.4 Å². The number of anilines is 2. The van der Waals surface area contributed by atoms with Crippen LogP contribution < -0.4 is 10.2 Å². The minimum absolute atomic E-state index is 0.0598. The molecule has 0 saturated carbocycles. The summed E-state index contributed by atoms with van der Waals surface area (Å²) < 4.78 is 32.4. The van der Waals surface area contributed by atoms with E-state index in [0.717, 1.165) is 17.3 Å². The Kier molecular flexibility index (Phi) is 7.15. The number of hydrogen-bond donors (Lipinski definition) is 1. The maximum Gasteiger partial charge on any atom is 0.293 e. The number of morpholine rings is 1. The number of benzene rings is 2. The molecular formula is C23H28N4O6S. The Morgan fingerprint density at radius 1 is 1.09 bits per heavy atom. The second-order valence-corrected chi connectivity index (χ2v) is 10.4. The zero-order valence-corrected chi connectivity index (χ0v) is 19.8. The zero-order chi connectivity index (χ0) is 24.3. The molecule has 0 unspecified atom stereocenters. The first kappa shape index (κ1) is 24.1. The van der Waals surface area contributed by atoms with Gasteiger partial charge in [-0.05, 0) is 43.5 Å². The Morgan fingerprint density at radius 3 is 2.41 bits per heavy atom. The van der Waals surface area contributed by atoms with Crippen molar-refractivity contribution in [3.8, 4) is 0 Å². The van der Waals surface area contributed by atoms with Crippen LogP contribution in [0.4, 0.5) is 17.1 Å². The summed E-state index contributed by atoms with van der Waals surface area (Å²) >= 11 is 0. The number of nitro groups is 1. The number of carbonyl (C=O) groups excluding carboxylic acids is 1. The van der Waals surface area contributed by atoms with E-state index >= 15 is 0 Å². The number of rotatable bonds is 6. The molecule has 4 rings (SSSR count). The Hall–Kier alpha value is -3.02. The van der Waals surface area contributed by atoms with E-state index in [1.54, 1.807) is 0 Å². The van der Waals surface area contributed by atoms with Crippen molar-refractivity contribution in [3.05, 3.63) is 58.1 Å². The van der Waals surface area contributed by atoms with Gasteiger partial charge in [-0.15, -0.1) is 0 Å². The number of nitrogens with one attached hydrogen (secondary N) is 1. The fourth-order valence-corrected chi connectivity index (χ4v) is 5.77. The van der Waals surface area contributed by atoms with Crippen LogP contribution in [0.15, 0.2) is 47.4 Å². The van der Waals surface area contributed by atoms with Crippen molar-refractivity contribution in [1.82, 2.24) is 4.31 Å². The van der Waals surface area contributed by atoms with Gasteiger partial charge >= 0.3 is 0 Å². The van der Waals surface area contributed by atoms with Crippen molar-refractivity contribution in [1.29, 1.82) is 0 Å². The summed E-state index contributed by atoms with van der Waals surface area (Å²) in [7, 11) is -3.84. The van der Waals surface area contributed by atoms with Crippen molar-refractivity contribution in [3.63, 3.8) is 0 Å². The van der Waals surface area contributed by atoms with E-state index in [1.807, 2.05) is 36.1 Å². The van der Waals surface area contributed by atoms with Crippen LogP contribution in [-0.2, 0) is 19.6 Å². The molecule has 0 bridgehead atoms.